The minimum Gasteiger partial charge on any atom is -0.497 e. The molecule has 2 rings (SSSR count). The first-order valence-electron chi connectivity index (χ1n) is 5.47. The van der Waals surface area contributed by atoms with E-state index in [2.05, 4.69) is 10.1 Å². The second kappa shape index (κ2) is 5.05. The van der Waals surface area contributed by atoms with Gasteiger partial charge in [-0.1, -0.05) is 5.16 Å². The summed E-state index contributed by atoms with van der Waals surface area (Å²) in [7, 11) is 3.16. The molecule has 1 heterocycles. The van der Waals surface area contributed by atoms with Gasteiger partial charge in [-0.25, -0.2) is 0 Å². The molecule has 18 heavy (non-hydrogen) atoms. The summed E-state index contributed by atoms with van der Waals surface area (Å²) in [6.45, 7) is 1.79. The molecule has 0 fully saturated rings. The van der Waals surface area contributed by atoms with Crippen LogP contribution in [-0.2, 0) is 0 Å². The lowest BCUT2D eigenvalue weighted by Crippen LogP contribution is -2.06. The molecular weight excluding hydrogens is 234 g/mol. The van der Waals surface area contributed by atoms with Crippen molar-refractivity contribution in [1.82, 2.24) is 10.1 Å². The summed E-state index contributed by atoms with van der Waals surface area (Å²) in [5, 5.41) is 3.81. The predicted octanol–water partition coefficient (Wildman–Crippen LogP) is 1.77. The predicted molar refractivity (Wildman–Crippen MR) is 65.4 cm³/mol. The zero-order chi connectivity index (χ0) is 13.1. The Hall–Kier alpha value is -2.08. The summed E-state index contributed by atoms with van der Waals surface area (Å²) in [5.74, 6) is 2.14. The molecule has 96 valence electrons. The second-order valence-corrected chi connectivity index (χ2v) is 3.81. The SMILES string of the molecule is COc1ccc(-c2nc(C(C)N)no2)c(OC)c1. The van der Waals surface area contributed by atoms with Crippen LogP contribution in [0.4, 0.5) is 0 Å². The van der Waals surface area contributed by atoms with Gasteiger partial charge in [0.15, 0.2) is 5.82 Å². The van der Waals surface area contributed by atoms with Crippen molar-refractivity contribution in [2.45, 2.75) is 13.0 Å². The maximum absolute atomic E-state index is 5.69. The van der Waals surface area contributed by atoms with Crippen molar-refractivity contribution in [3.05, 3.63) is 24.0 Å². The third-order valence-electron chi connectivity index (χ3n) is 2.49. The number of hydrogen-bond acceptors (Lipinski definition) is 6. The van der Waals surface area contributed by atoms with E-state index in [0.29, 0.717) is 28.8 Å². The summed E-state index contributed by atoms with van der Waals surface area (Å²) in [6, 6.07) is 5.08. The summed E-state index contributed by atoms with van der Waals surface area (Å²) < 4.78 is 15.6. The minimum atomic E-state index is -0.272. The Bertz CT molecular complexity index is 537. The van der Waals surface area contributed by atoms with Crippen LogP contribution in [0.1, 0.15) is 18.8 Å². The molecule has 1 aromatic heterocycles. The minimum absolute atomic E-state index is 0.272. The van der Waals surface area contributed by atoms with Gasteiger partial charge in [0.1, 0.15) is 11.5 Å². The van der Waals surface area contributed by atoms with Crippen molar-refractivity contribution in [3.63, 3.8) is 0 Å². The van der Waals surface area contributed by atoms with Crippen LogP contribution in [0.3, 0.4) is 0 Å². The Morgan fingerprint density at radius 1 is 1.28 bits per heavy atom. The van der Waals surface area contributed by atoms with E-state index < -0.39 is 0 Å². The van der Waals surface area contributed by atoms with Crippen LogP contribution in [0.15, 0.2) is 22.7 Å². The number of methoxy groups -OCH3 is 2. The molecule has 0 saturated carbocycles. The lowest BCUT2D eigenvalue weighted by Gasteiger charge is -2.06. The fourth-order valence-electron chi connectivity index (χ4n) is 1.50. The average molecular weight is 249 g/mol. The van der Waals surface area contributed by atoms with Crippen molar-refractivity contribution in [1.29, 1.82) is 0 Å². The van der Waals surface area contributed by atoms with Gasteiger partial charge in [0.2, 0.25) is 0 Å². The van der Waals surface area contributed by atoms with Crippen molar-refractivity contribution < 1.29 is 14.0 Å². The highest BCUT2D eigenvalue weighted by atomic mass is 16.5. The zero-order valence-electron chi connectivity index (χ0n) is 10.5. The molecule has 0 aliphatic heterocycles. The first kappa shape index (κ1) is 12.4. The second-order valence-electron chi connectivity index (χ2n) is 3.81. The van der Waals surface area contributed by atoms with E-state index in [0.717, 1.165) is 0 Å². The number of benzene rings is 1. The molecule has 2 aromatic rings. The number of rotatable bonds is 4. The van der Waals surface area contributed by atoms with Crippen LogP contribution in [-0.4, -0.2) is 24.4 Å². The molecule has 6 nitrogen and oxygen atoms in total. The van der Waals surface area contributed by atoms with E-state index in [9.17, 15) is 0 Å². The summed E-state index contributed by atoms with van der Waals surface area (Å²) in [4.78, 5) is 4.22. The zero-order valence-corrected chi connectivity index (χ0v) is 10.5. The van der Waals surface area contributed by atoms with E-state index in [4.69, 9.17) is 19.7 Å². The van der Waals surface area contributed by atoms with Gasteiger partial charge in [0.05, 0.1) is 25.8 Å². The molecule has 0 amide bonds. The molecule has 1 aromatic carbocycles. The van der Waals surface area contributed by atoms with Crippen LogP contribution in [0, 0.1) is 0 Å². The standard InChI is InChI=1S/C12H15N3O3/c1-7(13)11-14-12(18-15-11)9-5-4-8(16-2)6-10(9)17-3/h4-7H,13H2,1-3H3. The van der Waals surface area contributed by atoms with Crippen LogP contribution in [0.25, 0.3) is 11.5 Å². The maximum Gasteiger partial charge on any atom is 0.261 e. The van der Waals surface area contributed by atoms with Crippen molar-refractivity contribution in [3.8, 4) is 23.0 Å². The molecule has 0 aliphatic carbocycles. The van der Waals surface area contributed by atoms with Gasteiger partial charge in [-0.05, 0) is 19.1 Å². The Balaban J connectivity index is 2.42. The number of nitrogens with two attached hydrogens (primary N) is 1. The molecule has 0 aliphatic rings. The molecule has 1 atom stereocenters. The Kier molecular flexibility index (Phi) is 3.47. The van der Waals surface area contributed by atoms with Gasteiger partial charge in [0.25, 0.3) is 5.89 Å². The molecule has 2 N–H and O–H groups in total. The number of aromatic nitrogens is 2. The molecule has 0 bridgehead atoms. The van der Waals surface area contributed by atoms with Gasteiger partial charge in [-0.3, -0.25) is 0 Å². The fourth-order valence-corrected chi connectivity index (χ4v) is 1.50. The number of nitrogens with zero attached hydrogens (tertiary/aromatic N) is 2. The largest absolute Gasteiger partial charge is 0.497 e. The Morgan fingerprint density at radius 3 is 2.61 bits per heavy atom. The number of hydrogen-bond donors (Lipinski definition) is 1. The lowest BCUT2D eigenvalue weighted by atomic mass is 10.2. The molecule has 1 unspecified atom stereocenters. The number of ether oxygens (including phenoxy) is 2. The summed E-state index contributed by atoms with van der Waals surface area (Å²) in [5.41, 5.74) is 6.39. The van der Waals surface area contributed by atoms with Crippen molar-refractivity contribution in [2.75, 3.05) is 14.2 Å². The molecule has 6 heteroatoms. The van der Waals surface area contributed by atoms with Gasteiger partial charge in [-0.2, -0.15) is 4.98 Å². The lowest BCUT2D eigenvalue weighted by molar-refractivity contribution is 0.389. The van der Waals surface area contributed by atoms with Crippen LogP contribution in [0.5, 0.6) is 11.5 Å². The van der Waals surface area contributed by atoms with Gasteiger partial charge in [0, 0.05) is 6.07 Å². The third kappa shape index (κ3) is 2.28. The summed E-state index contributed by atoms with van der Waals surface area (Å²) in [6.07, 6.45) is 0. The Morgan fingerprint density at radius 2 is 2.06 bits per heavy atom. The maximum atomic E-state index is 5.69. The van der Waals surface area contributed by atoms with E-state index in [-0.39, 0.29) is 6.04 Å². The van der Waals surface area contributed by atoms with Gasteiger partial charge >= 0.3 is 0 Å². The van der Waals surface area contributed by atoms with Gasteiger partial charge < -0.3 is 19.7 Å². The van der Waals surface area contributed by atoms with Crippen molar-refractivity contribution >= 4 is 0 Å². The van der Waals surface area contributed by atoms with E-state index in [1.54, 1.807) is 39.3 Å². The highest BCUT2D eigenvalue weighted by molar-refractivity contribution is 5.64. The van der Waals surface area contributed by atoms with E-state index >= 15 is 0 Å². The van der Waals surface area contributed by atoms with Crippen LogP contribution in [0.2, 0.25) is 0 Å². The van der Waals surface area contributed by atoms with E-state index in [1.807, 2.05) is 0 Å². The average Bonchev–Trinajstić information content (AvgIpc) is 2.87. The molecule has 0 spiro atoms. The monoisotopic (exact) mass is 249 g/mol. The van der Waals surface area contributed by atoms with Gasteiger partial charge in [-0.15, -0.1) is 0 Å². The fraction of sp³-hybridized carbons (Fsp3) is 0.333. The molecular formula is C12H15N3O3. The highest BCUT2D eigenvalue weighted by Gasteiger charge is 2.16. The summed E-state index contributed by atoms with van der Waals surface area (Å²) >= 11 is 0. The van der Waals surface area contributed by atoms with E-state index in [1.165, 1.54) is 0 Å². The third-order valence-corrected chi connectivity index (χ3v) is 2.49. The highest BCUT2D eigenvalue weighted by Crippen LogP contribution is 2.32. The van der Waals surface area contributed by atoms with Crippen LogP contribution >= 0.6 is 0 Å². The van der Waals surface area contributed by atoms with Crippen LogP contribution < -0.4 is 15.2 Å². The first-order chi connectivity index (χ1) is 8.65. The van der Waals surface area contributed by atoms with Crippen molar-refractivity contribution in [2.24, 2.45) is 5.73 Å². The topological polar surface area (TPSA) is 83.4 Å². The molecule has 0 saturated heterocycles. The normalized spacial score (nSPS) is 12.2. The first-order valence-corrected chi connectivity index (χ1v) is 5.47. The molecule has 0 radical (unpaired) electrons. The smallest absolute Gasteiger partial charge is 0.261 e. The Labute approximate surface area is 105 Å². The quantitative estimate of drug-likeness (QED) is 0.889.